The molecular formula is C11H11FN2O. The van der Waals surface area contributed by atoms with E-state index in [4.69, 9.17) is 0 Å². The molecule has 0 atom stereocenters. The van der Waals surface area contributed by atoms with E-state index in [2.05, 4.69) is 5.10 Å². The summed E-state index contributed by atoms with van der Waals surface area (Å²) in [5, 5.41) is 2.91. The van der Waals surface area contributed by atoms with Crippen LogP contribution in [0.25, 0.3) is 5.69 Å². The highest BCUT2D eigenvalue weighted by Gasteiger charge is 2.04. The van der Waals surface area contributed by atoms with Gasteiger partial charge in [0.05, 0.1) is 5.69 Å². The van der Waals surface area contributed by atoms with Gasteiger partial charge >= 0.3 is 0 Å². The van der Waals surface area contributed by atoms with Crippen molar-refractivity contribution >= 4 is 0 Å². The molecule has 4 heteroatoms. The van der Waals surface area contributed by atoms with Crippen molar-refractivity contribution in [2.24, 2.45) is 0 Å². The van der Waals surface area contributed by atoms with Crippen LogP contribution >= 0.6 is 0 Å². The molecule has 78 valence electrons. The maximum Gasteiger partial charge on any atom is 0.271 e. The minimum Gasteiger partial charge on any atom is -0.295 e. The SMILES string of the molecule is CCc1cc(=O)n(-c2cccc(F)c2)[nH]1. The second kappa shape index (κ2) is 3.73. The molecule has 1 N–H and O–H groups in total. The highest BCUT2D eigenvalue weighted by Crippen LogP contribution is 2.06. The molecule has 0 aliphatic rings. The Morgan fingerprint density at radius 2 is 2.20 bits per heavy atom. The monoisotopic (exact) mass is 206 g/mol. The molecule has 0 aliphatic heterocycles. The van der Waals surface area contributed by atoms with Crippen molar-refractivity contribution in [2.45, 2.75) is 13.3 Å². The highest BCUT2D eigenvalue weighted by atomic mass is 19.1. The van der Waals surface area contributed by atoms with Gasteiger partial charge in [-0.05, 0) is 24.6 Å². The van der Waals surface area contributed by atoms with Gasteiger partial charge in [-0.1, -0.05) is 13.0 Å². The van der Waals surface area contributed by atoms with Crippen LogP contribution in [-0.4, -0.2) is 9.78 Å². The molecule has 0 bridgehead atoms. The average molecular weight is 206 g/mol. The first kappa shape index (κ1) is 9.71. The normalized spacial score (nSPS) is 10.5. The van der Waals surface area contributed by atoms with Crippen LogP contribution in [0.4, 0.5) is 4.39 Å². The predicted molar refractivity (Wildman–Crippen MR) is 55.7 cm³/mol. The van der Waals surface area contributed by atoms with Gasteiger partial charge < -0.3 is 0 Å². The van der Waals surface area contributed by atoms with Gasteiger partial charge in [-0.25, -0.2) is 9.07 Å². The summed E-state index contributed by atoms with van der Waals surface area (Å²) in [5.41, 5.74) is 1.18. The topological polar surface area (TPSA) is 37.8 Å². The van der Waals surface area contributed by atoms with Crippen LogP contribution in [0.15, 0.2) is 35.1 Å². The number of H-pyrrole nitrogens is 1. The van der Waals surface area contributed by atoms with Crippen molar-refractivity contribution < 1.29 is 4.39 Å². The van der Waals surface area contributed by atoms with Crippen LogP contribution in [0, 0.1) is 5.82 Å². The molecule has 3 nitrogen and oxygen atoms in total. The molecule has 0 unspecified atom stereocenters. The van der Waals surface area contributed by atoms with Gasteiger partial charge in [-0.15, -0.1) is 0 Å². The zero-order valence-electron chi connectivity index (χ0n) is 8.33. The highest BCUT2D eigenvalue weighted by molar-refractivity contribution is 5.31. The second-order valence-electron chi connectivity index (χ2n) is 3.29. The van der Waals surface area contributed by atoms with Crippen molar-refractivity contribution in [1.82, 2.24) is 9.78 Å². The third-order valence-electron chi connectivity index (χ3n) is 2.22. The molecule has 15 heavy (non-hydrogen) atoms. The van der Waals surface area contributed by atoms with Crippen LogP contribution in [0.5, 0.6) is 0 Å². The lowest BCUT2D eigenvalue weighted by Crippen LogP contribution is -2.13. The van der Waals surface area contributed by atoms with Gasteiger partial charge in [-0.2, -0.15) is 0 Å². The first-order chi connectivity index (χ1) is 7.20. The molecule has 1 aromatic heterocycles. The number of hydrogen-bond acceptors (Lipinski definition) is 1. The first-order valence-electron chi connectivity index (χ1n) is 4.77. The van der Waals surface area contributed by atoms with Crippen molar-refractivity contribution in [2.75, 3.05) is 0 Å². The molecular weight excluding hydrogens is 195 g/mol. The number of hydrogen-bond donors (Lipinski definition) is 1. The number of aromatic amines is 1. The van der Waals surface area contributed by atoms with Gasteiger partial charge in [-0.3, -0.25) is 9.89 Å². The summed E-state index contributed by atoms with van der Waals surface area (Å²) >= 11 is 0. The fraction of sp³-hybridized carbons (Fsp3) is 0.182. The molecule has 0 amide bonds. The van der Waals surface area contributed by atoms with Gasteiger partial charge in [0.2, 0.25) is 0 Å². The number of benzene rings is 1. The first-order valence-corrected chi connectivity index (χ1v) is 4.77. The Morgan fingerprint density at radius 1 is 1.40 bits per heavy atom. The Labute approximate surface area is 86.2 Å². The quantitative estimate of drug-likeness (QED) is 0.800. The zero-order chi connectivity index (χ0) is 10.8. The minimum absolute atomic E-state index is 0.169. The minimum atomic E-state index is -0.355. The molecule has 0 saturated carbocycles. The number of nitrogens with one attached hydrogen (secondary N) is 1. The van der Waals surface area contributed by atoms with Gasteiger partial charge in [0.15, 0.2) is 0 Å². The van der Waals surface area contributed by atoms with Crippen LogP contribution < -0.4 is 5.56 Å². The van der Waals surface area contributed by atoms with Crippen LogP contribution in [0.2, 0.25) is 0 Å². The Bertz CT molecular complexity index is 527. The lowest BCUT2D eigenvalue weighted by Gasteiger charge is -2.01. The van der Waals surface area contributed by atoms with Crippen LogP contribution in [0.3, 0.4) is 0 Å². The summed E-state index contributed by atoms with van der Waals surface area (Å²) in [4.78, 5) is 11.5. The van der Waals surface area contributed by atoms with E-state index in [1.807, 2.05) is 6.92 Å². The predicted octanol–water partition coefficient (Wildman–Crippen LogP) is 1.87. The summed E-state index contributed by atoms with van der Waals surface area (Å²) < 4.78 is 14.3. The van der Waals surface area contributed by atoms with E-state index >= 15 is 0 Å². The lowest BCUT2D eigenvalue weighted by molar-refractivity contribution is 0.625. The Hall–Kier alpha value is -1.84. The Balaban J connectivity index is 2.54. The molecule has 0 spiro atoms. The maximum absolute atomic E-state index is 12.9. The van der Waals surface area contributed by atoms with E-state index in [0.29, 0.717) is 5.69 Å². The van der Waals surface area contributed by atoms with Crippen LogP contribution in [-0.2, 0) is 6.42 Å². The van der Waals surface area contributed by atoms with E-state index in [9.17, 15) is 9.18 Å². The third-order valence-corrected chi connectivity index (χ3v) is 2.22. The van der Waals surface area contributed by atoms with Gasteiger partial charge in [0.25, 0.3) is 5.56 Å². The molecule has 0 aliphatic carbocycles. The molecule has 1 heterocycles. The number of aromatic nitrogens is 2. The molecule has 1 aromatic carbocycles. The molecule has 0 saturated heterocycles. The van der Waals surface area contributed by atoms with E-state index in [0.717, 1.165) is 12.1 Å². The summed E-state index contributed by atoms with van der Waals surface area (Å²) in [7, 11) is 0. The molecule has 2 rings (SSSR count). The smallest absolute Gasteiger partial charge is 0.271 e. The number of halogens is 1. The van der Waals surface area contributed by atoms with Gasteiger partial charge in [0, 0.05) is 11.8 Å². The standard InChI is InChI=1S/C11H11FN2O/c1-2-9-7-11(15)14(13-9)10-5-3-4-8(12)6-10/h3-7,13H,2H2,1H3. The molecule has 2 aromatic rings. The third kappa shape index (κ3) is 1.83. The summed E-state index contributed by atoms with van der Waals surface area (Å²) in [6.07, 6.45) is 0.748. The van der Waals surface area contributed by atoms with Gasteiger partial charge in [0.1, 0.15) is 5.82 Å². The van der Waals surface area contributed by atoms with Crippen molar-refractivity contribution in [3.63, 3.8) is 0 Å². The van der Waals surface area contributed by atoms with Crippen LogP contribution in [0.1, 0.15) is 12.6 Å². The van der Waals surface area contributed by atoms with E-state index < -0.39 is 0 Å². The Morgan fingerprint density at radius 3 is 2.80 bits per heavy atom. The number of rotatable bonds is 2. The number of aryl methyl sites for hydroxylation is 1. The maximum atomic E-state index is 12.9. The summed E-state index contributed by atoms with van der Waals surface area (Å²) in [5.74, 6) is -0.355. The zero-order valence-corrected chi connectivity index (χ0v) is 8.33. The number of nitrogens with zero attached hydrogens (tertiary/aromatic N) is 1. The van der Waals surface area contributed by atoms with E-state index in [1.165, 1.54) is 22.9 Å². The van der Waals surface area contributed by atoms with Crippen molar-refractivity contribution in [3.8, 4) is 5.69 Å². The van der Waals surface area contributed by atoms with E-state index in [1.54, 1.807) is 12.1 Å². The van der Waals surface area contributed by atoms with E-state index in [-0.39, 0.29) is 11.4 Å². The largest absolute Gasteiger partial charge is 0.295 e. The summed E-state index contributed by atoms with van der Waals surface area (Å²) in [6.45, 7) is 1.95. The summed E-state index contributed by atoms with van der Waals surface area (Å²) in [6, 6.07) is 7.43. The molecule has 0 fully saturated rings. The van der Waals surface area contributed by atoms with Crippen molar-refractivity contribution in [3.05, 3.63) is 52.2 Å². The fourth-order valence-corrected chi connectivity index (χ4v) is 1.43. The second-order valence-corrected chi connectivity index (χ2v) is 3.29. The lowest BCUT2D eigenvalue weighted by atomic mass is 10.3. The fourth-order valence-electron chi connectivity index (χ4n) is 1.43. The molecule has 0 radical (unpaired) electrons. The Kier molecular flexibility index (Phi) is 2.41. The van der Waals surface area contributed by atoms with Crippen molar-refractivity contribution in [1.29, 1.82) is 0 Å². The average Bonchev–Trinajstić information content (AvgIpc) is 2.60.